The molecule has 0 aliphatic heterocycles. The van der Waals surface area contributed by atoms with E-state index in [9.17, 15) is 0 Å². The minimum atomic E-state index is 0.199. The average Bonchev–Trinajstić information content (AvgIpc) is 2.97. The fourth-order valence-corrected chi connectivity index (χ4v) is 3.67. The first-order valence-corrected chi connectivity index (χ1v) is 8.24. The fraction of sp³-hybridized carbons (Fsp3) is 0.667. The molecule has 0 aromatic heterocycles. The predicted octanol–water partition coefficient (Wildman–Crippen LogP) is 3.49. The van der Waals surface area contributed by atoms with Gasteiger partial charge < -0.3 is 10.5 Å². The summed E-state index contributed by atoms with van der Waals surface area (Å²) in [6, 6.07) is 6.44. The molecule has 2 rings (SSSR count). The number of hydrogen-bond acceptors (Lipinski definition) is 3. The number of ether oxygens (including phenoxy) is 1. The van der Waals surface area contributed by atoms with Crippen LogP contribution in [-0.4, -0.2) is 30.6 Å². The van der Waals surface area contributed by atoms with E-state index >= 15 is 0 Å². The van der Waals surface area contributed by atoms with Gasteiger partial charge in [-0.05, 0) is 38.8 Å². The highest BCUT2D eigenvalue weighted by Crippen LogP contribution is 2.36. The number of nitrogens with zero attached hydrogens (tertiary/aromatic N) is 1. The minimum absolute atomic E-state index is 0.199. The van der Waals surface area contributed by atoms with Gasteiger partial charge in [0.05, 0.1) is 7.11 Å². The smallest absolute Gasteiger partial charge is 0.123 e. The van der Waals surface area contributed by atoms with Crippen LogP contribution in [-0.2, 0) is 6.54 Å². The molecule has 1 fully saturated rings. The quantitative estimate of drug-likeness (QED) is 0.835. The second-order valence-corrected chi connectivity index (χ2v) is 6.37. The maximum absolute atomic E-state index is 6.18. The molecule has 1 aromatic carbocycles. The molecule has 1 aromatic rings. The second-order valence-electron chi connectivity index (χ2n) is 6.37. The molecule has 0 heterocycles. The standard InChI is InChI=1S/C18H30N2O/c1-4-11-20(18(14-19)9-5-6-10-18)13-16-12-15(2)7-8-17(16)21-3/h7-8,12H,4-6,9-11,13-14,19H2,1-3H3. The van der Waals surface area contributed by atoms with Crippen LogP contribution < -0.4 is 10.5 Å². The molecule has 1 saturated carbocycles. The monoisotopic (exact) mass is 290 g/mol. The van der Waals surface area contributed by atoms with Crippen molar-refractivity contribution >= 4 is 0 Å². The number of hydrogen-bond donors (Lipinski definition) is 1. The van der Waals surface area contributed by atoms with Crippen LogP contribution >= 0.6 is 0 Å². The zero-order valence-electron chi connectivity index (χ0n) is 13.8. The van der Waals surface area contributed by atoms with Crippen LogP contribution in [0.25, 0.3) is 0 Å². The van der Waals surface area contributed by atoms with E-state index in [-0.39, 0.29) is 5.54 Å². The van der Waals surface area contributed by atoms with Crippen LogP contribution in [0.15, 0.2) is 18.2 Å². The molecule has 0 amide bonds. The predicted molar refractivity (Wildman–Crippen MR) is 88.7 cm³/mol. The molecule has 1 aliphatic carbocycles. The largest absolute Gasteiger partial charge is 0.496 e. The first kappa shape index (κ1) is 16.3. The lowest BCUT2D eigenvalue weighted by atomic mass is 9.93. The van der Waals surface area contributed by atoms with Crippen LogP contribution in [0.1, 0.15) is 50.2 Å². The zero-order valence-corrected chi connectivity index (χ0v) is 13.8. The minimum Gasteiger partial charge on any atom is -0.496 e. The van der Waals surface area contributed by atoms with Crippen molar-refractivity contribution in [3.8, 4) is 5.75 Å². The summed E-state index contributed by atoms with van der Waals surface area (Å²) in [6.45, 7) is 7.20. The van der Waals surface area contributed by atoms with Crippen molar-refractivity contribution in [2.75, 3.05) is 20.2 Å². The van der Waals surface area contributed by atoms with E-state index < -0.39 is 0 Å². The van der Waals surface area contributed by atoms with E-state index in [2.05, 4.69) is 36.9 Å². The van der Waals surface area contributed by atoms with Gasteiger partial charge in [0.2, 0.25) is 0 Å². The number of rotatable bonds is 7. The van der Waals surface area contributed by atoms with Crippen molar-refractivity contribution in [1.29, 1.82) is 0 Å². The molecule has 0 atom stereocenters. The second kappa shape index (κ2) is 7.28. The third kappa shape index (κ3) is 3.58. The Bertz CT molecular complexity index is 453. The summed E-state index contributed by atoms with van der Waals surface area (Å²) in [5.74, 6) is 0.992. The maximum Gasteiger partial charge on any atom is 0.123 e. The Morgan fingerprint density at radius 3 is 2.57 bits per heavy atom. The van der Waals surface area contributed by atoms with Crippen molar-refractivity contribution < 1.29 is 4.74 Å². The molecule has 118 valence electrons. The van der Waals surface area contributed by atoms with Crippen LogP contribution in [0.3, 0.4) is 0 Å². The summed E-state index contributed by atoms with van der Waals surface area (Å²) in [6.07, 6.45) is 6.25. The Labute approximate surface area is 129 Å². The molecule has 3 heteroatoms. The van der Waals surface area contributed by atoms with Crippen LogP contribution in [0.2, 0.25) is 0 Å². The molecule has 0 saturated heterocycles. The number of nitrogens with two attached hydrogens (primary N) is 1. The summed E-state index contributed by atoms with van der Waals surface area (Å²) in [4.78, 5) is 2.61. The van der Waals surface area contributed by atoms with E-state index in [0.29, 0.717) is 0 Å². The Morgan fingerprint density at radius 2 is 2.00 bits per heavy atom. The molecular weight excluding hydrogens is 260 g/mol. The van der Waals surface area contributed by atoms with Crippen molar-refractivity contribution in [2.24, 2.45) is 5.73 Å². The summed E-state index contributed by atoms with van der Waals surface area (Å²) in [7, 11) is 1.76. The van der Waals surface area contributed by atoms with E-state index in [1.807, 2.05) is 0 Å². The van der Waals surface area contributed by atoms with Crippen LogP contribution in [0, 0.1) is 6.92 Å². The molecule has 0 radical (unpaired) electrons. The number of aryl methyl sites for hydroxylation is 1. The topological polar surface area (TPSA) is 38.5 Å². The molecule has 0 unspecified atom stereocenters. The van der Waals surface area contributed by atoms with Gasteiger partial charge in [0, 0.05) is 24.2 Å². The highest BCUT2D eigenvalue weighted by molar-refractivity contribution is 5.37. The van der Waals surface area contributed by atoms with Gasteiger partial charge in [-0.2, -0.15) is 0 Å². The molecule has 21 heavy (non-hydrogen) atoms. The highest BCUT2D eigenvalue weighted by atomic mass is 16.5. The molecular formula is C18H30N2O. The van der Waals surface area contributed by atoms with E-state index in [1.165, 1.54) is 36.8 Å². The van der Waals surface area contributed by atoms with Crippen molar-refractivity contribution in [3.63, 3.8) is 0 Å². The van der Waals surface area contributed by atoms with Crippen molar-refractivity contribution in [1.82, 2.24) is 4.90 Å². The Morgan fingerprint density at radius 1 is 1.29 bits per heavy atom. The lowest BCUT2D eigenvalue weighted by Crippen LogP contribution is -2.51. The van der Waals surface area contributed by atoms with Gasteiger partial charge in [-0.15, -0.1) is 0 Å². The summed E-state index contributed by atoms with van der Waals surface area (Å²) in [5, 5.41) is 0. The van der Waals surface area contributed by atoms with Crippen molar-refractivity contribution in [2.45, 2.75) is 58.0 Å². The highest BCUT2D eigenvalue weighted by Gasteiger charge is 2.38. The molecule has 3 nitrogen and oxygen atoms in total. The molecule has 0 bridgehead atoms. The first-order chi connectivity index (χ1) is 10.1. The lowest BCUT2D eigenvalue weighted by molar-refractivity contribution is 0.0894. The summed E-state index contributed by atoms with van der Waals surface area (Å²) in [5.41, 5.74) is 8.95. The Hall–Kier alpha value is -1.06. The van der Waals surface area contributed by atoms with Gasteiger partial charge in [0.1, 0.15) is 5.75 Å². The zero-order chi connectivity index (χ0) is 15.3. The fourth-order valence-electron chi connectivity index (χ4n) is 3.67. The summed E-state index contributed by atoms with van der Waals surface area (Å²) < 4.78 is 5.55. The average molecular weight is 290 g/mol. The number of methoxy groups -OCH3 is 1. The Balaban J connectivity index is 2.25. The third-order valence-electron chi connectivity index (χ3n) is 4.88. The Kier molecular flexibility index (Phi) is 5.65. The SMILES string of the molecule is CCCN(Cc1cc(C)ccc1OC)C1(CN)CCCC1. The molecule has 2 N–H and O–H groups in total. The molecule has 0 spiro atoms. The van der Waals surface area contributed by atoms with E-state index in [0.717, 1.165) is 31.8 Å². The van der Waals surface area contributed by atoms with Crippen molar-refractivity contribution in [3.05, 3.63) is 29.3 Å². The first-order valence-electron chi connectivity index (χ1n) is 8.24. The van der Waals surface area contributed by atoms with Gasteiger partial charge >= 0.3 is 0 Å². The van der Waals surface area contributed by atoms with E-state index in [1.54, 1.807) is 7.11 Å². The normalized spacial score (nSPS) is 17.4. The van der Waals surface area contributed by atoms with Crippen LogP contribution in [0.4, 0.5) is 0 Å². The number of benzene rings is 1. The van der Waals surface area contributed by atoms with Gasteiger partial charge in [0.15, 0.2) is 0 Å². The summed E-state index contributed by atoms with van der Waals surface area (Å²) >= 11 is 0. The van der Waals surface area contributed by atoms with E-state index in [4.69, 9.17) is 10.5 Å². The third-order valence-corrected chi connectivity index (χ3v) is 4.88. The van der Waals surface area contributed by atoms with Gasteiger partial charge in [-0.1, -0.05) is 37.5 Å². The van der Waals surface area contributed by atoms with Crippen LogP contribution in [0.5, 0.6) is 5.75 Å². The maximum atomic E-state index is 6.18. The van der Waals surface area contributed by atoms with Gasteiger partial charge in [-0.3, -0.25) is 4.90 Å². The lowest BCUT2D eigenvalue weighted by Gasteiger charge is -2.41. The molecule has 1 aliphatic rings. The van der Waals surface area contributed by atoms with Gasteiger partial charge in [-0.25, -0.2) is 0 Å². The van der Waals surface area contributed by atoms with Gasteiger partial charge in [0.25, 0.3) is 0 Å².